The van der Waals surface area contributed by atoms with Crippen molar-refractivity contribution in [2.45, 2.75) is 44.1 Å². The highest BCUT2D eigenvalue weighted by Crippen LogP contribution is 2.35. The van der Waals surface area contributed by atoms with Crippen LogP contribution in [0.2, 0.25) is 0 Å². The fourth-order valence-electron chi connectivity index (χ4n) is 4.67. The van der Waals surface area contributed by atoms with Crippen molar-refractivity contribution in [1.29, 1.82) is 0 Å². The summed E-state index contributed by atoms with van der Waals surface area (Å²) in [7, 11) is 0. The minimum absolute atomic E-state index is 0.147. The topological polar surface area (TPSA) is 109 Å². The lowest BCUT2D eigenvalue weighted by atomic mass is 9.91. The van der Waals surface area contributed by atoms with Crippen LogP contribution < -0.4 is 11.1 Å². The van der Waals surface area contributed by atoms with E-state index in [-0.39, 0.29) is 5.82 Å². The number of aliphatic hydroxyl groups excluding tert-OH is 2. The molecule has 5 rings (SSSR count). The predicted molar refractivity (Wildman–Crippen MR) is 111 cm³/mol. The van der Waals surface area contributed by atoms with Crippen molar-refractivity contribution < 1.29 is 14.6 Å². The molecule has 2 aliphatic rings. The molecule has 30 heavy (non-hydrogen) atoms. The van der Waals surface area contributed by atoms with Gasteiger partial charge in [-0.05, 0) is 60.2 Å². The Bertz CT molecular complexity index is 1140. The van der Waals surface area contributed by atoms with Crippen LogP contribution in [0.3, 0.4) is 0 Å². The number of nitrogens with one attached hydrogen (secondary N) is 1. The summed E-state index contributed by atoms with van der Waals surface area (Å²) in [4.78, 5) is 8.28. The molecule has 1 aromatic carbocycles. The molecule has 0 spiro atoms. The number of hydrogen-bond donors (Lipinski definition) is 4. The average Bonchev–Trinajstić information content (AvgIpc) is 3.30. The normalized spacial score (nSPS) is 23.6. The third-order valence-electron chi connectivity index (χ3n) is 6.31. The number of aliphatic hydroxyl groups is 2. The van der Waals surface area contributed by atoms with Gasteiger partial charge >= 0.3 is 0 Å². The third-order valence-corrected chi connectivity index (χ3v) is 6.31. The lowest BCUT2D eigenvalue weighted by Crippen LogP contribution is -2.29. The second-order valence-electron chi connectivity index (χ2n) is 7.98. The molecule has 3 heterocycles. The molecular formula is C22H24FN5O2. The number of nitrogens with two attached hydrogens (primary N) is 1. The number of benzene rings is 1. The Morgan fingerprint density at radius 1 is 1.17 bits per heavy atom. The lowest BCUT2D eigenvalue weighted by molar-refractivity contribution is 0.0317. The number of halogens is 1. The molecule has 1 aliphatic carbocycles. The van der Waals surface area contributed by atoms with Crippen LogP contribution in [0.25, 0.3) is 11.0 Å². The van der Waals surface area contributed by atoms with Gasteiger partial charge in [0.15, 0.2) is 0 Å². The summed E-state index contributed by atoms with van der Waals surface area (Å²) < 4.78 is 16.0. The van der Waals surface area contributed by atoms with Gasteiger partial charge in [-0.25, -0.2) is 14.4 Å². The van der Waals surface area contributed by atoms with Crippen LogP contribution in [0.1, 0.15) is 29.2 Å². The Balaban J connectivity index is 1.41. The highest BCUT2D eigenvalue weighted by atomic mass is 19.1. The van der Waals surface area contributed by atoms with Crippen molar-refractivity contribution in [3.05, 3.63) is 64.9 Å². The molecule has 0 fully saturated rings. The standard InChI is InChI=1S/C22H24FN5O2/c23-17-4-3-12(16-10-25-7-5-14(16)17)1-2-13-9-18(20(30)19(13)29)28-8-6-15-21(24)26-11-27-22(15)28/h3-4,6,8-9,11,18-20,25,29-30H,1-2,5,7,10H2,(H2,24,26,27)/t18-,19-,20+/m1/s1. The summed E-state index contributed by atoms with van der Waals surface area (Å²) >= 11 is 0. The second kappa shape index (κ2) is 7.46. The van der Waals surface area contributed by atoms with Gasteiger partial charge in [0, 0.05) is 12.7 Å². The molecule has 2 aromatic heterocycles. The highest BCUT2D eigenvalue weighted by Gasteiger charge is 2.36. The van der Waals surface area contributed by atoms with Crippen LogP contribution >= 0.6 is 0 Å². The molecule has 5 N–H and O–H groups in total. The molecule has 0 unspecified atom stereocenters. The predicted octanol–water partition coefficient (Wildman–Crippen LogP) is 1.63. The molecule has 3 aromatic rings. The fraction of sp³-hybridized carbons (Fsp3) is 0.364. The quantitative estimate of drug-likeness (QED) is 0.488. The number of hydrogen-bond acceptors (Lipinski definition) is 6. The number of rotatable bonds is 4. The van der Waals surface area contributed by atoms with Crippen molar-refractivity contribution in [3.8, 4) is 0 Å². The van der Waals surface area contributed by atoms with Crippen LogP contribution in [0.15, 0.2) is 42.4 Å². The molecule has 7 nitrogen and oxygen atoms in total. The molecule has 156 valence electrons. The van der Waals surface area contributed by atoms with E-state index < -0.39 is 18.2 Å². The number of nitrogens with zero attached hydrogens (tertiary/aromatic N) is 3. The van der Waals surface area contributed by atoms with Crippen molar-refractivity contribution in [2.75, 3.05) is 12.3 Å². The summed E-state index contributed by atoms with van der Waals surface area (Å²) in [6.07, 6.45) is 5.11. The number of nitrogen functional groups attached to an aromatic ring is 1. The maximum absolute atomic E-state index is 14.1. The maximum atomic E-state index is 14.1. The van der Waals surface area contributed by atoms with Gasteiger partial charge in [-0.3, -0.25) is 0 Å². The summed E-state index contributed by atoms with van der Waals surface area (Å²) in [5.74, 6) is 0.234. The monoisotopic (exact) mass is 409 g/mol. The minimum atomic E-state index is -0.976. The van der Waals surface area contributed by atoms with Gasteiger partial charge in [-0.15, -0.1) is 0 Å². The van der Waals surface area contributed by atoms with Gasteiger partial charge in [-0.1, -0.05) is 12.1 Å². The summed E-state index contributed by atoms with van der Waals surface area (Å²) in [5.41, 5.74) is 10.2. The zero-order valence-corrected chi connectivity index (χ0v) is 16.4. The largest absolute Gasteiger partial charge is 0.388 e. The Morgan fingerprint density at radius 2 is 2.03 bits per heavy atom. The van der Waals surface area contributed by atoms with Crippen LogP contribution in [-0.4, -0.2) is 43.5 Å². The van der Waals surface area contributed by atoms with Crippen LogP contribution in [-0.2, 0) is 19.4 Å². The van der Waals surface area contributed by atoms with Gasteiger partial charge in [0.25, 0.3) is 0 Å². The minimum Gasteiger partial charge on any atom is -0.388 e. The van der Waals surface area contributed by atoms with E-state index in [1.807, 2.05) is 22.8 Å². The van der Waals surface area contributed by atoms with E-state index in [2.05, 4.69) is 15.3 Å². The average molecular weight is 409 g/mol. The maximum Gasteiger partial charge on any atom is 0.146 e. The molecule has 0 bridgehead atoms. The zero-order chi connectivity index (χ0) is 20.8. The van der Waals surface area contributed by atoms with Crippen molar-refractivity contribution in [2.24, 2.45) is 0 Å². The van der Waals surface area contributed by atoms with Gasteiger partial charge in [0.2, 0.25) is 0 Å². The van der Waals surface area contributed by atoms with E-state index in [1.165, 1.54) is 12.4 Å². The van der Waals surface area contributed by atoms with Gasteiger partial charge < -0.3 is 25.8 Å². The molecule has 1 aliphatic heterocycles. The van der Waals surface area contributed by atoms with Crippen molar-refractivity contribution in [3.63, 3.8) is 0 Å². The van der Waals surface area contributed by atoms with E-state index in [4.69, 9.17) is 5.73 Å². The Labute approximate surface area is 173 Å². The van der Waals surface area contributed by atoms with Gasteiger partial charge in [0.1, 0.15) is 35.8 Å². The zero-order valence-electron chi connectivity index (χ0n) is 16.4. The fourth-order valence-corrected chi connectivity index (χ4v) is 4.67. The van der Waals surface area contributed by atoms with E-state index >= 15 is 0 Å². The van der Waals surface area contributed by atoms with E-state index in [1.54, 1.807) is 6.20 Å². The first-order chi connectivity index (χ1) is 14.5. The van der Waals surface area contributed by atoms with Crippen LogP contribution in [0.4, 0.5) is 10.2 Å². The lowest BCUT2D eigenvalue weighted by Gasteiger charge is -2.22. The highest BCUT2D eigenvalue weighted by molar-refractivity contribution is 5.86. The molecule has 8 heteroatoms. The van der Waals surface area contributed by atoms with E-state index in [0.29, 0.717) is 42.7 Å². The Hall–Kier alpha value is -2.81. The molecule has 3 atom stereocenters. The smallest absolute Gasteiger partial charge is 0.146 e. The first-order valence-electron chi connectivity index (χ1n) is 10.2. The molecule has 0 radical (unpaired) electrons. The third kappa shape index (κ3) is 3.08. The molecule has 0 saturated heterocycles. The Kier molecular flexibility index (Phi) is 4.77. The Morgan fingerprint density at radius 3 is 2.90 bits per heavy atom. The molecule has 0 saturated carbocycles. The van der Waals surface area contributed by atoms with Crippen LogP contribution in [0, 0.1) is 5.82 Å². The molecular weight excluding hydrogens is 385 g/mol. The second-order valence-corrected chi connectivity index (χ2v) is 7.98. The van der Waals surface area contributed by atoms with Crippen LogP contribution in [0.5, 0.6) is 0 Å². The number of anilines is 1. The number of aryl methyl sites for hydroxylation is 1. The first kappa shape index (κ1) is 19.2. The van der Waals surface area contributed by atoms with Gasteiger partial charge in [-0.2, -0.15) is 0 Å². The van der Waals surface area contributed by atoms with Crippen molar-refractivity contribution >= 4 is 16.9 Å². The van der Waals surface area contributed by atoms with E-state index in [9.17, 15) is 14.6 Å². The number of aromatic nitrogens is 3. The van der Waals surface area contributed by atoms with Crippen molar-refractivity contribution in [1.82, 2.24) is 19.9 Å². The summed E-state index contributed by atoms with van der Waals surface area (Å²) in [5, 5.41) is 25.4. The van der Waals surface area contributed by atoms with E-state index in [0.717, 1.165) is 28.8 Å². The first-order valence-corrected chi connectivity index (χ1v) is 10.2. The number of fused-ring (bicyclic) bond motifs is 2. The summed E-state index contributed by atoms with van der Waals surface area (Å²) in [6, 6.07) is 4.74. The van der Waals surface area contributed by atoms with Gasteiger partial charge in [0.05, 0.1) is 11.4 Å². The SMILES string of the molecule is Nc1ncnc2c1ccn2[C@@H]1C=C(CCc2ccc(F)c3c2CNCC3)[C@@H](O)[C@H]1O. The molecule has 0 amide bonds. The summed E-state index contributed by atoms with van der Waals surface area (Å²) in [6.45, 7) is 1.44.